The third-order valence-electron chi connectivity index (χ3n) is 2.31. The van der Waals surface area contributed by atoms with Crippen LogP contribution < -0.4 is 10.5 Å². The molecule has 0 aliphatic carbocycles. The smallest absolute Gasteiger partial charge is 0.418 e. The number of carbonyl (C=O) groups is 1. The molecule has 108 valence electrons. The fourth-order valence-electron chi connectivity index (χ4n) is 1.43. The number of hydrogen-bond donors (Lipinski definition) is 1. The SMILES string of the molecule is Cn1ccc(OC(=O)C(F)(F)F)c1-c1nnc(CN)o1. The molecule has 2 aromatic heterocycles. The maximum Gasteiger partial charge on any atom is 0.491 e. The minimum atomic E-state index is -5.09. The largest absolute Gasteiger partial charge is 0.491 e. The van der Waals surface area contributed by atoms with Gasteiger partial charge in [0.25, 0.3) is 5.89 Å². The van der Waals surface area contributed by atoms with Gasteiger partial charge in [-0.1, -0.05) is 0 Å². The van der Waals surface area contributed by atoms with Crippen LogP contribution in [0.3, 0.4) is 0 Å². The van der Waals surface area contributed by atoms with Crippen molar-refractivity contribution >= 4 is 5.97 Å². The van der Waals surface area contributed by atoms with Crippen molar-refractivity contribution < 1.29 is 27.1 Å². The zero-order valence-electron chi connectivity index (χ0n) is 10.1. The van der Waals surface area contributed by atoms with Crippen molar-refractivity contribution in [2.75, 3.05) is 0 Å². The lowest BCUT2D eigenvalue weighted by Gasteiger charge is -2.07. The maximum absolute atomic E-state index is 12.2. The molecule has 0 bridgehead atoms. The molecule has 0 saturated carbocycles. The maximum atomic E-state index is 12.2. The lowest BCUT2D eigenvalue weighted by molar-refractivity contribution is -0.189. The van der Waals surface area contributed by atoms with Crippen LogP contribution >= 0.6 is 0 Å². The van der Waals surface area contributed by atoms with Crippen LogP contribution in [0.2, 0.25) is 0 Å². The number of hydrogen-bond acceptors (Lipinski definition) is 6. The molecular weight excluding hydrogens is 281 g/mol. The molecule has 0 saturated heterocycles. The summed E-state index contributed by atoms with van der Waals surface area (Å²) < 4.78 is 47.3. The summed E-state index contributed by atoms with van der Waals surface area (Å²) in [4.78, 5) is 10.8. The minimum Gasteiger partial charge on any atom is -0.418 e. The van der Waals surface area contributed by atoms with Crippen LogP contribution in [-0.4, -0.2) is 26.9 Å². The van der Waals surface area contributed by atoms with Crippen LogP contribution in [-0.2, 0) is 18.4 Å². The van der Waals surface area contributed by atoms with Crippen LogP contribution in [0.15, 0.2) is 16.7 Å². The van der Waals surface area contributed by atoms with Crippen LogP contribution in [0.4, 0.5) is 13.2 Å². The first kappa shape index (κ1) is 14.1. The number of nitrogens with zero attached hydrogens (tertiary/aromatic N) is 3. The van der Waals surface area contributed by atoms with Gasteiger partial charge in [0.2, 0.25) is 5.89 Å². The third-order valence-corrected chi connectivity index (χ3v) is 2.31. The highest BCUT2D eigenvalue weighted by Gasteiger charge is 2.42. The van der Waals surface area contributed by atoms with Crippen LogP contribution in [0.25, 0.3) is 11.6 Å². The molecule has 0 aromatic carbocycles. The summed E-state index contributed by atoms with van der Waals surface area (Å²) >= 11 is 0. The zero-order chi connectivity index (χ0) is 14.9. The van der Waals surface area contributed by atoms with Crippen molar-refractivity contribution in [2.24, 2.45) is 12.8 Å². The van der Waals surface area contributed by atoms with Crippen molar-refractivity contribution in [2.45, 2.75) is 12.7 Å². The van der Waals surface area contributed by atoms with Gasteiger partial charge in [0.05, 0.1) is 6.54 Å². The summed E-state index contributed by atoms with van der Waals surface area (Å²) in [5.41, 5.74) is 5.34. The number of carbonyl (C=O) groups excluding carboxylic acids is 1. The van der Waals surface area contributed by atoms with Crippen LogP contribution in [0, 0.1) is 0 Å². The van der Waals surface area contributed by atoms with Gasteiger partial charge in [-0.25, -0.2) is 4.79 Å². The quantitative estimate of drug-likeness (QED) is 0.847. The Hall–Kier alpha value is -2.36. The summed E-state index contributed by atoms with van der Waals surface area (Å²) in [6.07, 6.45) is -3.70. The van der Waals surface area contributed by atoms with E-state index in [1.165, 1.54) is 23.9 Å². The summed E-state index contributed by atoms with van der Waals surface area (Å²) in [7, 11) is 1.52. The Morgan fingerprint density at radius 3 is 2.75 bits per heavy atom. The first-order chi connectivity index (χ1) is 9.32. The van der Waals surface area contributed by atoms with E-state index in [9.17, 15) is 18.0 Å². The van der Waals surface area contributed by atoms with E-state index in [0.717, 1.165) is 0 Å². The lowest BCUT2D eigenvalue weighted by Crippen LogP contribution is -2.28. The Morgan fingerprint density at radius 1 is 1.50 bits per heavy atom. The van der Waals surface area contributed by atoms with Crippen molar-refractivity contribution in [3.05, 3.63) is 18.2 Å². The molecular formula is C10H9F3N4O3. The monoisotopic (exact) mass is 290 g/mol. The fraction of sp³-hybridized carbons (Fsp3) is 0.300. The van der Waals surface area contributed by atoms with E-state index in [-0.39, 0.29) is 29.8 Å². The van der Waals surface area contributed by atoms with Gasteiger partial charge in [0.1, 0.15) is 5.69 Å². The highest BCUT2D eigenvalue weighted by atomic mass is 19.4. The number of aryl methyl sites for hydroxylation is 1. The molecule has 0 spiro atoms. The number of halogens is 3. The Bertz CT molecular complexity index is 632. The molecule has 10 heteroatoms. The van der Waals surface area contributed by atoms with E-state index in [4.69, 9.17) is 10.2 Å². The lowest BCUT2D eigenvalue weighted by atomic mass is 10.4. The fourth-order valence-corrected chi connectivity index (χ4v) is 1.43. The summed E-state index contributed by atoms with van der Waals surface area (Å²) in [6, 6.07) is 1.19. The molecule has 0 radical (unpaired) electrons. The number of esters is 1. The van der Waals surface area contributed by atoms with Gasteiger partial charge < -0.3 is 19.5 Å². The average molecular weight is 290 g/mol. The number of ether oxygens (including phenoxy) is 1. The molecule has 0 unspecified atom stereocenters. The van der Waals surface area contributed by atoms with Crippen molar-refractivity contribution in [1.82, 2.24) is 14.8 Å². The molecule has 2 rings (SSSR count). The topological polar surface area (TPSA) is 96.2 Å². The van der Waals surface area contributed by atoms with Crippen LogP contribution in [0.5, 0.6) is 5.75 Å². The minimum absolute atomic E-state index is 0.0188. The molecule has 2 N–H and O–H groups in total. The highest BCUT2D eigenvalue weighted by Crippen LogP contribution is 2.31. The van der Waals surface area contributed by atoms with Gasteiger partial charge in [-0.15, -0.1) is 10.2 Å². The second kappa shape index (κ2) is 4.96. The van der Waals surface area contributed by atoms with E-state index < -0.39 is 12.1 Å². The van der Waals surface area contributed by atoms with E-state index in [1.807, 2.05) is 0 Å². The second-order valence-electron chi connectivity index (χ2n) is 3.73. The van der Waals surface area contributed by atoms with E-state index in [0.29, 0.717) is 0 Å². The Labute approximate surface area is 110 Å². The molecule has 20 heavy (non-hydrogen) atoms. The van der Waals surface area contributed by atoms with Gasteiger partial charge in [0.15, 0.2) is 5.75 Å². The molecule has 0 aliphatic heterocycles. The number of alkyl halides is 3. The van der Waals surface area contributed by atoms with Crippen molar-refractivity contribution in [3.63, 3.8) is 0 Å². The van der Waals surface area contributed by atoms with Crippen LogP contribution in [0.1, 0.15) is 5.89 Å². The van der Waals surface area contributed by atoms with Gasteiger partial charge in [-0.2, -0.15) is 13.2 Å². The molecule has 2 heterocycles. The molecule has 0 fully saturated rings. The molecule has 2 aromatic rings. The first-order valence-electron chi connectivity index (χ1n) is 5.30. The van der Waals surface area contributed by atoms with Gasteiger partial charge in [0, 0.05) is 13.2 Å². The predicted molar refractivity (Wildman–Crippen MR) is 58.3 cm³/mol. The Balaban J connectivity index is 2.35. The summed E-state index contributed by atoms with van der Waals surface area (Å²) in [6.45, 7) is -0.0188. The number of aromatic nitrogens is 3. The number of nitrogens with two attached hydrogens (primary N) is 1. The third kappa shape index (κ3) is 2.64. The Kier molecular flexibility index (Phi) is 3.49. The van der Waals surface area contributed by atoms with Crippen molar-refractivity contribution in [3.8, 4) is 17.3 Å². The molecule has 7 nitrogen and oxygen atoms in total. The van der Waals surface area contributed by atoms with Gasteiger partial charge in [-0.05, 0) is 6.07 Å². The van der Waals surface area contributed by atoms with Gasteiger partial charge >= 0.3 is 12.1 Å². The molecule has 0 amide bonds. The van der Waals surface area contributed by atoms with Crippen molar-refractivity contribution in [1.29, 1.82) is 0 Å². The standard InChI is InChI=1S/C10H9F3N4O3/c1-17-3-2-5(19-9(18)10(11,12)13)7(17)8-16-15-6(4-14)20-8/h2-3H,4,14H2,1H3. The number of rotatable bonds is 3. The highest BCUT2D eigenvalue weighted by molar-refractivity contribution is 5.80. The predicted octanol–water partition coefficient (Wildman–Crippen LogP) is 1.00. The normalized spacial score (nSPS) is 11.7. The second-order valence-corrected chi connectivity index (χ2v) is 3.73. The van der Waals surface area contributed by atoms with E-state index in [1.54, 1.807) is 0 Å². The molecule has 0 aliphatic rings. The Morgan fingerprint density at radius 2 is 2.20 bits per heavy atom. The zero-order valence-corrected chi connectivity index (χ0v) is 10.1. The first-order valence-corrected chi connectivity index (χ1v) is 5.30. The summed E-state index contributed by atoms with van der Waals surface area (Å²) in [5, 5.41) is 7.21. The average Bonchev–Trinajstić information content (AvgIpc) is 2.95. The van der Waals surface area contributed by atoms with E-state index in [2.05, 4.69) is 14.9 Å². The van der Waals surface area contributed by atoms with E-state index >= 15 is 0 Å². The van der Waals surface area contributed by atoms with Gasteiger partial charge in [-0.3, -0.25) is 0 Å². The summed E-state index contributed by atoms with van der Waals surface area (Å²) in [5.74, 6) is -2.65. The molecule has 0 atom stereocenters.